The molecule has 0 aliphatic heterocycles. The van der Waals surface area contributed by atoms with Crippen LogP contribution >= 0.6 is 0 Å². The van der Waals surface area contributed by atoms with Gasteiger partial charge in [0.25, 0.3) is 5.91 Å². The molecule has 10 heteroatoms. The van der Waals surface area contributed by atoms with Gasteiger partial charge in [0.2, 0.25) is 0 Å². The summed E-state index contributed by atoms with van der Waals surface area (Å²) in [5, 5.41) is 15.9. The van der Waals surface area contributed by atoms with Crippen LogP contribution in [-0.4, -0.2) is 37.5 Å². The first-order valence-corrected chi connectivity index (χ1v) is 10.6. The van der Waals surface area contributed by atoms with Gasteiger partial charge in [-0.3, -0.25) is 19.0 Å². The summed E-state index contributed by atoms with van der Waals surface area (Å²) in [6.45, 7) is 0.298. The molecular weight excluding hydrogens is 459 g/mol. The monoisotopic (exact) mass is 481 g/mol. The summed E-state index contributed by atoms with van der Waals surface area (Å²) < 4.78 is 42.4. The van der Waals surface area contributed by atoms with Gasteiger partial charge in [-0.05, 0) is 54.6 Å². The van der Waals surface area contributed by atoms with Gasteiger partial charge in [0.15, 0.2) is 5.65 Å². The lowest BCUT2D eigenvalue weighted by atomic mass is 10.1. The third-order valence-electron chi connectivity index (χ3n) is 5.42. The molecule has 2 N–H and O–H groups in total. The van der Waals surface area contributed by atoms with Crippen LogP contribution in [-0.2, 0) is 19.8 Å². The highest BCUT2D eigenvalue weighted by atomic mass is 19.4. The number of aliphatic hydroxyl groups excluding tert-OH is 1. The van der Waals surface area contributed by atoms with Gasteiger partial charge in [0, 0.05) is 48.6 Å². The second-order valence-electron chi connectivity index (χ2n) is 7.66. The number of nitrogens with one attached hydrogen (secondary N) is 1. The summed E-state index contributed by atoms with van der Waals surface area (Å²) >= 11 is 0. The van der Waals surface area contributed by atoms with Gasteiger partial charge in [-0.25, -0.2) is 0 Å². The summed E-state index contributed by atoms with van der Waals surface area (Å²) in [6.07, 6.45) is -0.917. The number of carbonyl (C=O) groups excluding carboxylic acids is 1. The van der Waals surface area contributed by atoms with Gasteiger partial charge in [-0.2, -0.15) is 18.3 Å². The molecule has 0 fully saturated rings. The summed E-state index contributed by atoms with van der Waals surface area (Å²) in [4.78, 5) is 16.9. The van der Waals surface area contributed by atoms with E-state index in [0.717, 1.165) is 41.2 Å². The molecule has 0 saturated heterocycles. The van der Waals surface area contributed by atoms with Crippen molar-refractivity contribution in [1.82, 2.24) is 24.6 Å². The van der Waals surface area contributed by atoms with Crippen molar-refractivity contribution in [2.75, 3.05) is 7.11 Å². The molecule has 1 amide bonds. The highest BCUT2D eigenvalue weighted by Gasteiger charge is 2.30. The highest BCUT2D eigenvalue weighted by Crippen LogP contribution is 2.34. The maximum atomic E-state index is 13.0. The van der Waals surface area contributed by atoms with E-state index < -0.39 is 11.7 Å². The number of aliphatic hydroxyl groups is 1. The van der Waals surface area contributed by atoms with E-state index in [4.69, 9.17) is 5.11 Å². The Morgan fingerprint density at radius 2 is 1.77 bits per heavy atom. The molecule has 3 aromatic heterocycles. The van der Waals surface area contributed by atoms with E-state index in [1.54, 1.807) is 46.8 Å². The largest absolute Gasteiger partial charge is 0.416 e. The van der Waals surface area contributed by atoms with Crippen LogP contribution in [0.5, 0.6) is 0 Å². The van der Waals surface area contributed by atoms with E-state index in [0.29, 0.717) is 23.4 Å². The van der Waals surface area contributed by atoms with E-state index >= 15 is 0 Å². The van der Waals surface area contributed by atoms with E-state index in [9.17, 15) is 18.0 Å². The number of fused-ring (bicyclic) bond motifs is 3. The third kappa shape index (κ3) is 4.73. The minimum atomic E-state index is -4.41. The number of halogens is 3. The molecule has 180 valence electrons. The van der Waals surface area contributed by atoms with Crippen LogP contribution in [0.1, 0.15) is 21.6 Å². The average molecular weight is 481 g/mol. The Balaban J connectivity index is 0.00000141. The quantitative estimate of drug-likeness (QED) is 0.397. The van der Waals surface area contributed by atoms with Gasteiger partial charge in [0.1, 0.15) is 0 Å². The topological polar surface area (TPSA) is 85.0 Å². The van der Waals surface area contributed by atoms with Gasteiger partial charge in [-0.15, -0.1) is 0 Å². The number of rotatable bonds is 4. The number of carbonyl (C=O) groups is 1. The van der Waals surface area contributed by atoms with Crippen molar-refractivity contribution in [1.29, 1.82) is 0 Å². The molecule has 0 aliphatic carbocycles. The summed E-state index contributed by atoms with van der Waals surface area (Å²) in [5.41, 5.74) is 2.39. The fraction of sp³-hybridized carbons (Fsp3) is 0.160. The van der Waals surface area contributed by atoms with Crippen molar-refractivity contribution in [2.45, 2.75) is 12.7 Å². The smallest absolute Gasteiger partial charge is 0.400 e. The molecule has 2 aromatic carbocycles. The van der Waals surface area contributed by atoms with E-state index in [1.807, 2.05) is 18.3 Å². The molecule has 0 saturated carbocycles. The zero-order valence-corrected chi connectivity index (χ0v) is 18.9. The molecule has 0 aliphatic rings. The Morgan fingerprint density at radius 3 is 2.43 bits per heavy atom. The molecule has 5 rings (SSSR count). The first kappa shape index (κ1) is 24.0. The number of aromatic nitrogens is 4. The predicted octanol–water partition coefficient (Wildman–Crippen LogP) is 4.47. The lowest BCUT2D eigenvalue weighted by Crippen LogP contribution is -2.23. The molecule has 0 unspecified atom stereocenters. The van der Waals surface area contributed by atoms with Crippen LogP contribution in [0.25, 0.3) is 27.6 Å². The van der Waals surface area contributed by atoms with Crippen molar-refractivity contribution in [2.24, 2.45) is 7.05 Å². The van der Waals surface area contributed by atoms with Crippen molar-refractivity contribution < 1.29 is 23.1 Å². The van der Waals surface area contributed by atoms with Crippen LogP contribution in [0, 0.1) is 0 Å². The maximum Gasteiger partial charge on any atom is 0.416 e. The molecule has 35 heavy (non-hydrogen) atoms. The van der Waals surface area contributed by atoms with Crippen molar-refractivity contribution in [3.05, 3.63) is 89.9 Å². The zero-order chi connectivity index (χ0) is 25.2. The molecule has 0 bridgehead atoms. The van der Waals surface area contributed by atoms with E-state index in [1.165, 1.54) is 12.1 Å². The van der Waals surface area contributed by atoms with Gasteiger partial charge < -0.3 is 10.4 Å². The summed E-state index contributed by atoms with van der Waals surface area (Å²) in [6, 6.07) is 15.7. The third-order valence-corrected chi connectivity index (χ3v) is 5.42. The number of alkyl halides is 3. The van der Waals surface area contributed by atoms with Crippen LogP contribution in [0.4, 0.5) is 13.2 Å². The number of aryl methyl sites for hydroxylation is 1. The minimum Gasteiger partial charge on any atom is -0.400 e. The van der Waals surface area contributed by atoms with Crippen molar-refractivity contribution in [3.63, 3.8) is 0 Å². The number of hydrogen-bond acceptors (Lipinski definition) is 4. The molecule has 5 aromatic rings. The first-order valence-electron chi connectivity index (χ1n) is 10.6. The fourth-order valence-electron chi connectivity index (χ4n) is 3.87. The Kier molecular flexibility index (Phi) is 6.57. The van der Waals surface area contributed by atoms with Crippen molar-refractivity contribution in [3.8, 4) is 5.69 Å². The molecule has 0 spiro atoms. The minimum absolute atomic E-state index is 0.248. The van der Waals surface area contributed by atoms with Crippen LogP contribution in [0.3, 0.4) is 0 Å². The standard InChI is InChI=1S/C24H18F3N5O.CH4O/c1-31-14-20-19-12-15(23(33)29-13-17-4-2-3-11-28-17)5-10-21(19)32(22(20)30-31)18-8-6-16(7-9-18)24(25,26)27;1-2/h2-12,14H,13H2,1H3,(H,29,33);2H,1H3. The number of benzene rings is 2. The van der Waals surface area contributed by atoms with Crippen LogP contribution < -0.4 is 5.32 Å². The van der Waals surface area contributed by atoms with Crippen LogP contribution in [0.15, 0.2) is 73.1 Å². The summed E-state index contributed by atoms with van der Waals surface area (Å²) in [5.74, 6) is -0.248. The van der Waals surface area contributed by atoms with Gasteiger partial charge in [0.05, 0.1) is 23.3 Å². The Morgan fingerprint density at radius 1 is 1.03 bits per heavy atom. The Labute approximate surface area is 198 Å². The average Bonchev–Trinajstić information content (AvgIpc) is 3.38. The van der Waals surface area contributed by atoms with E-state index in [-0.39, 0.29) is 5.91 Å². The second kappa shape index (κ2) is 9.59. The van der Waals surface area contributed by atoms with Crippen molar-refractivity contribution >= 4 is 27.8 Å². The highest BCUT2D eigenvalue weighted by molar-refractivity contribution is 6.10. The normalized spacial score (nSPS) is 11.4. The number of pyridine rings is 1. The lowest BCUT2D eigenvalue weighted by Gasteiger charge is -2.10. The fourth-order valence-corrected chi connectivity index (χ4v) is 3.87. The summed E-state index contributed by atoms with van der Waals surface area (Å²) in [7, 11) is 2.77. The van der Waals surface area contributed by atoms with Crippen LogP contribution in [0.2, 0.25) is 0 Å². The SMILES string of the molecule is CO.Cn1cc2c3cc(C(=O)NCc4ccccn4)ccc3n(-c3ccc(C(F)(F)F)cc3)c2n1. The van der Waals surface area contributed by atoms with Gasteiger partial charge >= 0.3 is 6.18 Å². The lowest BCUT2D eigenvalue weighted by molar-refractivity contribution is -0.137. The number of hydrogen-bond donors (Lipinski definition) is 2. The Hall–Kier alpha value is -4.18. The van der Waals surface area contributed by atoms with E-state index in [2.05, 4.69) is 15.4 Å². The predicted molar refractivity (Wildman–Crippen MR) is 126 cm³/mol. The Bertz CT molecular complexity index is 1470. The second-order valence-corrected chi connectivity index (χ2v) is 7.66. The molecule has 0 atom stereocenters. The number of nitrogens with zero attached hydrogens (tertiary/aromatic N) is 4. The maximum absolute atomic E-state index is 13.0. The molecule has 3 heterocycles. The number of amides is 1. The van der Waals surface area contributed by atoms with Gasteiger partial charge in [-0.1, -0.05) is 6.07 Å². The first-order chi connectivity index (χ1) is 16.8. The zero-order valence-electron chi connectivity index (χ0n) is 18.9. The molecule has 7 nitrogen and oxygen atoms in total. The molecular formula is C25H22F3N5O2. The molecule has 0 radical (unpaired) electrons.